The van der Waals surface area contributed by atoms with Crippen LogP contribution in [-0.4, -0.2) is 16.9 Å². The van der Waals surface area contributed by atoms with Gasteiger partial charge in [-0.15, -0.1) is 0 Å². The number of carbonyl (C=O) groups excluding carboxylic acids is 1. The molecule has 4 nitrogen and oxygen atoms in total. The van der Waals surface area contributed by atoms with Crippen LogP contribution in [0.5, 0.6) is 0 Å². The van der Waals surface area contributed by atoms with E-state index in [1.54, 1.807) is 0 Å². The second-order valence-corrected chi connectivity index (χ2v) is 4.96. The van der Waals surface area contributed by atoms with Gasteiger partial charge in [0.15, 0.2) is 0 Å². The number of benzene rings is 1. The quantitative estimate of drug-likeness (QED) is 0.894. The molecule has 1 unspecified atom stereocenters. The zero-order valence-corrected chi connectivity index (χ0v) is 11.8. The highest BCUT2D eigenvalue weighted by atomic mass is 16.2. The Kier molecular flexibility index (Phi) is 4.48. The number of pyridine rings is 1. The van der Waals surface area contributed by atoms with Crippen LogP contribution >= 0.6 is 0 Å². The molecule has 1 atom stereocenters. The van der Waals surface area contributed by atoms with Crippen molar-refractivity contribution < 1.29 is 4.79 Å². The maximum atomic E-state index is 12.1. The molecule has 0 aliphatic rings. The van der Waals surface area contributed by atoms with Gasteiger partial charge in [-0.25, -0.2) is 4.98 Å². The van der Waals surface area contributed by atoms with Crippen LogP contribution in [0.15, 0.2) is 42.5 Å². The number of hydrogen-bond donors (Lipinski definition) is 2. The number of anilines is 1. The van der Waals surface area contributed by atoms with Crippen molar-refractivity contribution in [1.29, 1.82) is 0 Å². The molecule has 0 bridgehead atoms. The lowest BCUT2D eigenvalue weighted by Crippen LogP contribution is -2.37. The van der Waals surface area contributed by atoms with Crippen LogP contribution < -0.4 is 11.1 Å². The van der Waals surface area contributed by atoms with Crippen LogP contribution in [0.25, 0.3) is 0 Å². The highest BCUT2D eigenvalue weighted by Gasteiger charge is 2.14. The Labute approximate surface area is 119 Å². The van der Waals surface area contributed by atoms with E-state index >= 15 is 0 Å². The average Bonchev–Trinajstić information content (AvgIpc) is 2.38. The second kappa shape index (κ2) is 6.30. The third-order valence-electron chi connectivity index (χ3n) is 2.98. The molecule has 0 aliphatic heterocycles. The predicted octanol–water partition coefficient (Wildman–Crippen LogP) is 2.21. The van der Waals surface area contributed by atoms with E-state index in [0.717, 1.165) is 16.8 Å². The standard InChI is InChI=1S/C16H19N3O/c1-11-8-12(2)18-15(9-11)19-16(20)14(17)10-13-6-4-3-5-7-13/h3-9,14H,10,17H2,1-2H3,(H,18,19,20). The van der Waals surface area contributed by atoms with Crippen LogP contribution in [0, 0.1) is 13.8 Å². The molecule has 0 radical (unpaired) electrons. The van der Waals surface area contributed by atoms with Crippen molar-refractivity contribution in [3.63, 3.8) is 0 Å². The fraction of sp³-hybridized carbons (Fsp3) is 0.250. The number of aromatic nitrogens is 1. The van der Waals surface area contributed by atoms with E-state index in [2.05, 4.69) is 10.3 Å². The minimum Gasteiger partial charge on any atom is -0.320 e. The summed E-state index contributed by atoms with van der Waals surface area (Å²) in [7, 11) is 0. The van der Waals surface area contributed by atoms with Gasteiger partial charge in [0.25, 0.3) is 0 Å². The zero-order chi connectivity index (χ0) is 14.5. The first-order valence-corrected chi connectivity index (χ1v) is 6.60. The number of hydrogen-bond acceptors (Lipinski definition) is 3. The molecular formula is C16H19N3O. The number of carbonyl (C=O) groups is 1. The minimum atomic E-state index is -0.583. The molecule has 0 aliphatic carbocycles. The molecule has 0 spiro atoms. The monoisotopic (exact) mass is 269 g/mol. The van der Waals surface area contributed by atoms with E-state index in [0.29, 0.717) is 12.2 Å². The van der Waals surface area contributed by atoms with Crippen molar-refractivity contribution in [3.8, 4) is 0 Å². The molecule has 2 rings (SSSR count). The molecule has 2 aromatic rings. The van der Waals surface area contributed by atoms with E-state index in [4.69, 9.17) is 5.73 Å². The van der Waals surface area contributed by atoms with Crippen LogP contribution in [0.3, 0.4) is 0 Å². The Morgan fingerprint density at radius 3 is 2.60 bits per heavy atom. The number of aryl methyl sites for hydroxylation is 2. The molecule has 1 amide bonds. The van der Waals surface area contributed by atoms with Crippen molar-refractivity contribution in [2.45, 2.75) is 26.3 Å². The van der Waals surface area contributed by atoms with Gasteiger partial charge in [0.1, 0.15) is 5.82 Å². The van der Waals surface area contributed by atoms with E-state index in [1.807, 2.05) is 56.3 Å². The van der Waals surface area contributed by atoms with Crippen LogP contribution in [0.2, 0.25) is 0 Å². The Morgan fingerprint density at radius 1 is 1.25 bits per heavy atom. The van der Waals surface area contributed by atoms with Crippen molar-refractivity contribution >= 4 is 11.7 Å². The summed E-state index contributed by atoms with van der Waals surface area (Å²) in [6, 6.07) is 12.9. The Morgan fingerprint density at radius 2 is 1.95 bits per heavy atom. The van der Waals surface area contributed by atoms with Gasteiger partial charge in [0.05, 0.1) is 6.04 Å². The molecule has 104 valence electrons. The first-order valence-electron chi connectivity index (χ1n) is 6.60. The fourth-order valence-electron chi connectivity index (χ4n) is 2.09. The number of amides is 1. The normalized spacial score (nSPS) is 11.9. The van der Waals surface area contributed by atoms with Gasteiger partial charge in [0, 0.05) is 5.69 Å². The molecule has 1 heterocycles. The first kappa shape index (κ1) is 14.2. The maximum Gasteiger partial charge on any atom is 0.242 e. The molecule has 0 fully saturated rings. The topological polar surface area (TPSA) is 68.0 Å². The largest absolute Gasteiger partial charge is 0.320 e. The highest BCUT2D eigenvalue weighted by molar-refractivity contribution is 5.94. The summed E-state index contributed by atoms with van der Waals surface area (Å²) in [6.07, 6.45) is 0.511. The maximum absolute atomic E-state index is 12.1. The fourth-order valence-corrected chi connectivity index (χ4v) is 2.09. The van der Waals surface area contributed by atoms with Crippen molar-refractivity contribution in [3.05, 3.63) is 59.3 Å². The van der Waals surface area contributed by atoms with E-state index in [-0.39, 0.29) is 5.91 Å². The van der Waals surface area contributed by atoms with Gasteiger partial charge in [0.2, 0.25) is 5.91 Å². The molecule has 20 heavy (non-hydrogen) atoms. The van der Waals surface area contributed by atoms with Crippen molar-refractivity contribution in [1.82, 2.24) is 4.98 Å². The summed E-state index contributed by atoms with van der Waals surface area (Å²) in [5, 5.41) is 2.77. The highest BCUT2D eigenvalue weighted by Crippen LogP contribution is 2.10. The summed E-state index contributed by atoms with van der Waals surface area (Å²) in [6.45, 7) is 3.86. The van der Waals surface area contributed by atoms with Crippen LogP contribution in [-0.2, 0) is 11.2 Å². The molecule has 3 N–H and O–H groups in total. The van der Waals surface area contributed by atoms with Crippen molar-refractivity contribution in [2.24, 2.45) is 5.73 Å². The van der Waals surface area contributed by atoms with E-state index in [9.17, 15) is 4.79 Å². The third-order valence-corrected chi connectivity index (χ3v) is 2.98. The minimum absolute atomic E-state index is 0.216. The first-order chi connectivity index (χ1) is 9.54. The lowest BCUT2D eigenvalue weighted by atomic mass is 10.1. The molecule has 4 heteroatoms. The lowest BCUT2D eigenvalue weighted by molar-refractivity contribution is -0.117. The Balaban J connectivity index is 2.00. The Bertz CT molecular complexity index is 576. The van der Waals surface area contributed by atoms with Gasteiger partial charge in [-0.3, -0.25) is 4.79 Å². The number of nitrogens with two attached hydrogens (primary N) is 1. The van der Waals surface area contributed by atoms with Crippen LogP contribution in [0.4, 0.5) is 5.82 Å². The predicted molar refractivity (Wildman–Crippen MR) is 80.5 cm³/mol. The SMILES string of the molecule is Cc1cc(C)nc(NC(=O)C(N)Cc2ccccc2)c1. The van der Waals surface area contributed by atoms with Crippen molar-refractivity contribution in [2.75, 3.05) is 5.32 Å². The summed E-state index contributed by atoms with van der Waals surface area (Å²) in [5.74, 6) is 0.336. The van der Waals surface area contributed by atoms with Gasteiger partial charge in [-0.05, 0) is 43.5 Å². The van der Waals surface area contributed by atoms with Gasteiger partial charge < -0.3 is 11.1 Å². The summed E-state index contributed by atoms with van der Waals surface area (Å²) in [5.41, 5.74) is 8.91. The van der Waals surface area contributed by atoms with Gasteiger partial charge in [-0.2, -0.15) is 0 Å². The molecule has 1 aromatic carbocycles. The molecule has 0 saturated heterocycles. The van der Waals surface area contributed by atoms with Gasteiger partial charge >= 0.3 is 0 Å². The summed E-state index contributed by atoms with van der Waals surface area (Å²) >= 11 is 0. The summed E-state index contributed by atoms with van der Waals surface area (Å²) < 4.78 is 0. The van der Waals surface area contributed by atoms with E-state index in [1.165, 1.54) is 0 Å². The smallest absolute Gasteiger partial charge is 0.242 e. The second-order valence-electron chi connectivity index (χ2n) is 4.96. The number of rotatable bonds is 4. The van der Waals surface area contributed by atoms with E-state index < -0.39 is 6.04 Å². The Hall–Kier alpha value is -2.20. The molecule has 1 aromatic heterocycles. The number of nitrogens with zero attached hydrogens (tertiary/aromatic N) is 1. The molecular weight excluding hydrogens is 250 g/mol. The average molecular weight is 269 g/mol. The lowest BCUT2D eigenvalue weighted by Gasteiger charge is -2.12. The zero-order valence-electron chi connectivity index (χ0n) is 11.8. The van der Waals surface area contributed by atoms with Crippen LogP contribution in [0.1, 0.15) is 16.8 Å². The van der Waals surface area contributed by atoms with Gasteiger partial charge in [-0.1, -0.05) is 30.3 Å². The molecule has 0 saturated carbocycles. The number of nitrogens with one attached hydrogen (secondary N) is 1. The third kappa shape index (κ3) is 3.90. The summed E-state index contributed by atoms with van der Waals surface area (Å²) in [4.78, 5) is 16.3.